The first-order valence-electron chi connectivity index (χ1n) is 12.7. The highest BCUT2D eigenvalue weighted by molar-refractivity contribution is 7.91. The van der Waals surface area contributed by atoms with E-state index < -0.39 is 9.84 Å². The van der Waals surface area contributed by atoms with Crippen LogP contribution in [0.15, 0.2) is 41.9 Å². The monoisotopic (exact) mass is 556 g/mol. The van der Waals surface area contributed by atoms with Crippen LogP contribution in [0.2, 0.25) is 0 Å². The van der Waals surface area contributed by atoms with Crippen LogP contribution in [0.4, 0.5) is 10.1 Å². The first-order valence-corrected chi connectivity index (χ1v) is 15.4. The maximum absolute atomic E-state index is 14.5. The number of pyridine rings is 1. The van der Waals surface area contributed by atoms with Gasteiger partial charge in [-0.1, -0.05) is 6.07 Å². The lowest BCUT2D eigenvalue weighted by Crippen LogP contribution is -2.40. The van der Waals surface area contributed by atoms with Crippen molar-refractivity contribution in [1.82, 2.24) is 24.3 Å². The van der Waals surface area contributed by atoms with E-state index in [1.54, 1.807) is 24.5 Å². The van der Waals surface area contributed by atoms with Gasteiger partial charge in [-0.3, -0.25) is 4.57 Å². The summed E-state index contributed by atoms with van der Waals surface area (Å²) in [6.45, 7) is 2.82. The normalized spacial score (nSPS) is 15.9. The van der Waals surface area contributed by atoms with E-state index in [-0.39, 0.29) is 17.3 Å². The van der Waals surface area contributed by atoms with E-state index in [9.17, 15) is 12.8 Å². The van der Waals surface area contributed by atoms with Crippen LogP contribution in [0, 0.1) is 5.82 Å². The minimum atomic E-state index is -2.88. The number of benzene rings is 1. The lowest BCUT2D eigenvalue weighted by Gasteiger charge is -2.26. The van der Waals surface area contributed by atoms with Gasteiger partial charge < -0.3 is 15.1 Å². The Morgan fingerprint density at radius 1 is 1.13 bits per heavy atom. The van der Waals surface area contributed by atoms with Gasteiger partial charge in [0.2, 0.25) is 0 Å². The van der Waals surface area contributed by atoms with Gasteiger partial charge in [-0.2, -0.15) is 0 Å². The topological polar surface area (TPSA) is 83.4 Å². The van der Waals surface area contributed by atoms with Crippen molar-refractivity contribution in [3.8, 4) is 17.1 Å². The van der Waals surface area contributed by atoms with Crippen molar-refractivity contribution in [2.24, 2.45) is 0 Å². The van der Waals surface area contributed by atoms with Gasteiger partial charge in [-0.15, -0.1) is 11.3 Å². The van der Waals surface area contributed by atoms with Crippen LogP contribution < -0.4 is 5.32 Å². The largest absolute Gasteiger partial charge is 0.386 e. The van der Waals surface area contributed by atoms with E-state index in [2.05, 4.69) is 27.4 Å². The van der Waals surface area contributed by atoms with Crippen LogP contribution in [0.5, 0.6) is 0 Å². The summed E-state index contributed by atoms with van der Waals surface area (Å²) in [5.74, 6) is 0.995. The van der Waals surface area contributed by atoms with Crippen LogP contribution in [-0.2, 0) is 22.8 Å². The number of aromatic nitrogens is 3. The minimum Gasteiger partial charge on any atom is -0.386 e. The highest BCUT2D eigenvalue weighted by atomic mass is 32.2. The van der Waals surface area contributed by atoms with Gasteiger partial charge in [0.15, 0.2) is 9.84 Å². The van der Waals surface area contributed by atoms with E-state index in [4.69, 9.17) is 9.97 Å². The average molecular weight is 557 g/mol. The number of sulfone groups is 1. The van der Waals surface area contributed by atoms with Gasteiger partial charge in [0.25, 0.3) is 0 Å². The Morgan fingerprint density at radius 3 is 2.63 bits per heavy atom. The Labute approximate surface area is 227 Å². The highest BCUT2D eigenvalue weighted by Crippen LogP contribution is 2.30. The summed E-state index contributed by atoms with van der Waals surface area (Å²) < 4.78 is 40.0. The zero-order valence-electron chi connectivity index (χ0n) is 21.9. The quantitative estimate of drug-likeness (QED) is 0.333. The Kier molecular flexibility index (Phi) is 7.80. The molecule has 1 aromatic carbocycles. The standard InChI is InChI=1S/C27H33FN6O2S2/c1-29-24-8-6-19(15-22(24)28)23-9-7-21-20(5-4-10-33-11-13-38(35,36)14-12-33)16-34(27(21)30-23)25-18-37-26(31-25)17-32(2)3/h6-9,15-16,18,29H,4-5,10-14,17H2,1-3H3. The Bertz CT molecular complexity index is 1530. The molecule has 38 heavy (non-hydrogen) atoms. The Morgan fingerprint density at radius 2 is 1.92 bits per heavy atom. The van der Waals surface area contributed by atoms with E-state index in [0.717, 1.165) is 47.8 Å². The van der Waals surface area contributed by atoms with Crippen molar-refractivity contribution >= 4 is 37.9 Å². The smallest absolute Gasteiger partial charge is 0.152 e. The lowest BCUT2D eigenvalue weighted by molar-refractivity contribution is 0.292. The van der Waals surface area contributed by atoms with Crippen molar-refractivity contribution in [2.45, 2.75) is 19.4 Å². The third-order valence-corrected chi connectivity index (χ3v) is 9.29. The van der Waals surface area contributed by atoms with Gasteiger partial charge in [0.1, 0.15) is 22.3 Å². The first kappa shape index (κ1) is 26.7. The van der Waals surface area contributed by atoms with Crippen LogP contribution in [0.3, 0.4) is 0 Å². The number of thiazole rings is 1. The number of fused-ring (bicyclic) bond motifs is 1. The predicted molar refractivity (Wildman–Crippen MR) is 152 cm³/mol. The summed E-state index contributed by atoms with van der Waals surface area (Å²) in [6.07, 6.45) is 3.87. The lowest BCUT2D eigenvalue weighted by atomic mass is 10.1. The van der Waals surface area contributed by atoms with E-state index in [1.165, 1.54) is 11.6 Å². The number of nitrogens with one attached hydrogen (secondary N) is 1. The van der Waals surface area contributed by atoms with E-state index >= 15 is 0 Å². The molecule has 0 unspecified atom stereocenters. The van der Waals surface area contributed by atoms with Crippen LogP contribution in [0.25, 0.3) is 28.1 Å². The summed E-state index contributed by atoms with van der Waals surface area (Å²) in [5, 5.41) is 6.97. The number of hydrogen-bond donors (Lipinski definition) is 1. The molecule has 0 radical (unpaired) electrons. The van der Waals surface area contributed by atoms with Crippen LogP contribution >= 0.6 is 11.3 Å². The molecule has 4 heterocycles. The second-order valence-corrected chi connectivity index (χ2v) is 13.2. The molecular weight excluding hydrogens is 523 g/mol. The first-order chi connectivity index (χ1) is 18.2. The molecule has 0 bridgehead atoms. The maximum Gasteiger partial charge on any atom is 0.152 e. The van der Waals surface area contributed by atoms with Gasteiger partial charge in [-0.25, -0.2) is 22.8 Å². The molecule has 1 aliphatic heterocycles. The third kappa shape index (κ3) is 5.90. The molecule has 4 aromatic rings. The molecule has 1 aliphatic rings. The van der Waals surface area contributed by atoms with Crippen LogP contribution in [0.1, 0.15) is 17.0 Å². The van der Waals surface area contributed by atoms with Crippen molar-refractivity contribution in [2.75, 3.05) is 57.6 Å². The molecule has 11 heteroatoms. The number of halogens is 1. The molecule has 1 N–H and O–H groups in total. The van der Waals surface area contributed by atoms with E-state index in [0.29, 0.717) is 30.0 Å². The zero-order chi connectivity index (χ0) is 26.9. The van der Waals surface area contributed by atoms with E-state index in [1.807, 2.05) is 36.2 Å². The SMILES string of the molecule is CNc1ccc(-c2ccc3c(CCCN4CCS(=O)(=O)CC4)cn(-c4csc(CN(C)C)n4)c3n2)cc1F. The zero-order valence-corrected chi connectivity index (χ0v) is 23.6. The Balaban J connectivity index is 1.45. The fourth-order valence-electron chi connectivity index (χ4n) is 4.80. The predicted octanol–water partition coefficient (Wildman–Crippen LogP) is 4.05. The van der Waals surface area contributed by atoms with Crippen molar-refractivity contribution in [3.63, 3.8) is 0 Å². The second-order valence-electron chi connectivity index (χ2n) is 9.97. The molecule has 0 atom stereocenters. The summed E-state index contributed by atoms with van der Waals surface area (Å²) in [4.78, 5) is 14.2. The van der Waals surface area contributed by atoms with Crippen molar-refractivity contribution < 1.29 is 12.8 Å². The molecule has 0 spiro atoms. The molecule has 1 saturated heterocycles. The molecule has 0 saturated carbocycles. The molecular formula is C27H33FN6O2S2. The van der Waals surface area contributed by atoms with Crippen LogP contribution in [-0.4, -0.2) is 85.0 Å². The maximum atomic E-state index is 14.5. The van der Waals surface area contributed by atoms with Crippen molar-refractivity contribution in [1.29, 1.82) is 0 Å². The Hall–Kier alpha value is -2.86. The summed E-state index contributed by atoms with van der Waals surface area (Å²) in [5.41, 5.74) is 3.82. The molecule has 202 valence electrons. The number of rotatable bonds is 9. The molecule has 3 aromatic heterocycles. The third-order valence-electron chi connectivity index (χ3n) is 6.86. The van der Waals surface area contributed by atoms with Gasteiger partial charge in [0, 0.05) is 49.2 Å². The molecule has 1 fully saturated rings. The summed E-state index contributed by atoms with van der Waals surface area (Å²) >= 11 is 1.62. The molecule has 0 amide bonds. The molecule has 8 nitrogen and oxygen atoms in total. The fourth-order valence-corrected chi connectivity index (χ4v) is 6.97. The molecule has 5 rings (SSSR count). The highest BCUT2D eigenvalue weighted by Gasteiger charge is 2.21. The van der Waals surface area contributed by atoms with Gasteiger partial charge >= 0.3 is 0 Å². The number of hydrogen-bond acceptors (Lipinski definition) is 8. The number of nitrogens with zero attached hydrogens (tertiary/aromatic N) is 5. The summed E-state index contributed by atoms with van der Waals surface area (Å²) in [7, 11) is 2.86. The second kappa shape index (κ2) is 11.1. The van der Waals surface area contributed by atoms with Gasteiger partial charge in [0.05, 0.1) is 22.9 Å². The number of aryl methyl sites for hydroxylation is 1. The van der Waals surface area contributed by atoms with Crippen molar-refractivity contribution in [3.05, 3.63) is 58.3 Å². The fraction of sp³-hybridized carbons (Fsp3) is 0.407. The summed E-state index contributed by atoms with van der Waals surface area (Å²) in [6, 6.07) is 9.10. The minimum absolute atomic E-state index is 0.244. The molecule has 0 aliphatic carbocycles. The average Bonchev–Trinajstić information content (AvgIpc) is 3.48. The van der Waals surface area contributed by atoms with Gasteiger partial charge in [-0.05, 0) is 63.3 Å². The number of anilines is 1.